The first-order valence-corrected chi connectivity index (χ1v) is 6.01. The van der Waals surface area contributed by atoms with Gasteiger partial charge in [-0.3, -0.25) is 4.79 Å². The molecule has 4 rings (SSSR count). The van der Waals surface area contributed by atoms with E-state index < -0.39 is 6.17 Å². The minimum atomic E-state index is -0.594. The molecule has 1 N–H and O–H groups in total. The fraction of sp³-hybridized carbons (Fsp3) is 0.917. The molecule has 0 saturated heterocycles. The van der Waals surface area contributed by atoms with Crippen LogP contribution in [0.4, 0.5) is 4.39 Å². The van der Waals surface area contributed by atoms with Gasteiger partial charge in [0.1, 0.15) is 6.17 Å². The molecule has 4 aliphatic carbocycles. The molecular formula is C12H18FNO. The molecule has 4 fully saturated rings. The first-order valence-electron chi connectivity index (χ1n) is 6.01. The number of amides is 1. The smallest absolute Gasteiger partial charge is 0.217 e. The van der Waals surface area contributed by atoms with Gasteiger partial charge in [0, 0.05) is 12.5 Å². The first-order chi connectivity index (χ1) is 7.08. The zero-order valence-corrected chi connectivity index (χ0v) is 9.13. The van der Waals surface area contributed by atoms with E-state index in [1.807, 2.05) is 0 Å². The molecule has 0 radical (unpaired) electrons. The maximum atomic E-state index is 13.9. The summed E-state index contributed by atoms with van der Waals surface area (Å²) in [6, 6.07) is 0. The molecule has 3 heteroatoms. The van der Waals surface area contributed by atoms with E-state index >= 15 is 0 Å². The third-order valence-electron chi connectivity index (χ3n) is 4.60. The van der Waals surface area contributed by atoms with Gasteiger partial charge in [-0.05, 0) is 49.9 Å². The molecule has 2 unspecified atom stereocenters. The van der Waals surface area contributed by atoms with Crippen molar-refractivity contribution in [3.05, 3.63) is 0 Å². The maximum Gasteiger partial charge on any atom is 0.217 e. The van der Waals surface area contributed by atoms with Gasteiger partial charge in [-0.1, -0.05) is 0 Å². The average Bonchev–Trinajstić information content (AvgIpc) is 2.10. The molecule has 0 spiro atoms. The average molecular weight is 211 g/mol. The molecule has 0 aromatic carbocycles. The zero-order chi connectivity index (χ0) is 10.6. The summed E-state index contributed by atoms with van der Waals surface area (Å²) in [5.41, 5.74) is -0.0368. The van der Waals surface area contributed by atoms with E-state index in [1.54, 1.807) is 6.92 Å². The SMILES string of the molecule is CC(=O)NC12CC3CC(C1)C(F)C(C3)C2. The second kappa shape index (κ2) is 2.96. The van der Waals surface area contributed by atoms with Crippen LogP contribution in [0, 0.1) is 17.8 Å². The topological polar surface area (TPSA) is 29.1 Å². The summed E-state index contributed by atoms with van der Waals surface area (Å²) >= 11 is 0. The number of hydrogen-bond acceptors (Lipinski definition) is 1. The van der Waals surface area contributed by atoms with Crippen LogP contribution in [0.1, 0.15) is 39.0 Å². The molecule has 1 amide bonds. The lowest BCUT2D eigenvalue weighted by molar-refractivity contribution is -0.128. The van der Waals surface area contributed by atoms with Gasteiger partial charge in [0.15, 0.2) is 0 Å². The quantitative estimate of drug-likeness (QED) is 0.706. The predicted octanol–water partition coefficient (Wildman–Crippen LogP) is 2.04. The largest absolute Gasteiger partial charge is 0.351 e. The van der Waals surface area contributed by atoms with Crippen molar-refractivity contribution in [2.24, 2.45) is 17.8 Å². The van der Waals surface area contributed by atoms with Crippen molar-refractivity contribution in [2.45, 2.75) is 50.7 Å². The summed E-state index contributed by atoms with van der Waals surface area (Å²) in [6.07, 6.45) is 4.36. The number of hydrogen-bond donors (Lipinski definition) is 1. The highest BCUT2D eigenvalue weighted by atomic mass is 19.1. The van der Waals surface area contributed by atoms with Crippen molar-refractivity contribution < 1.29 is 9.18 Å². The van der Waals surface area contributed by atoms with Crippen LogP contribution < -0.4 is 5.32 Å². The van der Waals surface area contributed by atoms with Crippen molar-refractivity contribution in [3.63, 3.8) is 0 Å². The monoisotopic (exact) mass is 211 g/mol. The fourth-order valence-corrected chi connectivity index (χ4v) is 4.49. The molecule has 84 valence electrons. The Balaban J connectivity index is 1.85. The minimum absolute atomic E-state index is 0.0368. The van der Waals surface area contributed by atoms with E-state index in [1.165, 1.54) is 0 Å². The van der Waals surface area contributed by atoms with Crippen LogP contribution >= 0.6 is 0 Å². The first kappa shape index (κ1) is 9.61. The number of carbonyl (C=O) groups is 1. The van der Waals surface area contributed by atoms with E-state index in [0.29, 0.717) is 5.92 Å². The van der Waals surface area contributed by atoms with Crippen molar-refractivity contribution in [1.29, 1.82) is 0 Å². The Morgan fingerprint density at radius 1 is 1.27 bits per heavy atom. The molecule has 0 heterocycles. The highest BCUT2D eigenvalue weighted by Crippen LogP contribution is 2.56. The highest BCUT2D eigenvalue weighted by molar-refractivity contribution is 5.74. The van der Waals surface area contributed by atoms with Gasteiger partial charge in [-0.2, -0.15) is 0 Å². The Hall–Kier alpha value is -0.600. The van der Waals surface area contributed by atoms with Gasteiger partial charge in [-0.15, -0.1) is 0 Å². The van der Waals surface area contributed by atoms with E-state index in [0.717, 1.165) is 32.1 Å². The minimum Gasteiger partial charge on any atom is -0.351 e. The molecule has 4 bridgehead atoms. The standard InChI is InChI=1S/C12H18FNO/c1-7(15)14-12-4-8-2-9(5-12)11(13)10(3-8)6-12/h8-11H,2-6H2,1H3,(H,14,15). The van der Waals surface area contributed by atoms with E-state index in [2.05, 4.69) is 5.32 Å². The van der Waals surface area contributed by atoms with E-state index in [9.17, 15) is 9.18 Å². The fourth-order valence-electron chi connectivity index (χ4n) is 4.49. The zero-order valence-electron chi connectivity index (χ0n) is 9.13. The Morgan fingerprint density at radius 2 is 1.87 bits per heavy atom. The van der Waals surface area contributed by atoms with Crippen LogP contribution in [-0.2, 0) is 4.79 Å². The summed E-state index contributed by atoms with van der Waals surface area (Å²) in [7, 11) is 0. The van der Waals surface area contributed by atoms with Gasteiger partial charge in [0.25, 0.3) is 0 Å². The maximum absolute atomic E-state index is 13.9. The predicted molar refractivity (Wildman–Crippen MR) is 55.0 cm³/mol. The highest BCUT2D eigenvalue weighted by Gasteiger charge is 2.55. The second-order valence-corrected chi connectivity index (χ2v) is 5.88. The Kier molecular flexibility index (Phi) is 1.89. The van der Waals surface area contributed by atoms with E-state index in [-0.39, 0.29) is 23.3 Å². The molecule has 2 atom stereocenters. The lowest BCUT2D eigenvalue weighted by atomic mass is 9.52. The van der Waals surface area contributed by atoms with Crippen LogP contribution in [0.25, 0.3) is 0 Å². The molecule has 4 aliphatic rings. The third kappa shape index (κ3) is 1.39. The molecule has 0 aromatic heterocycles. The summed E-state index contributed by atoms with van der Waals surface area (Å²) < 4.78 is 13.9. The van der Waals surface area contributed by atoms with Gasteiger partial charge in [-0.25, -0.2) is 4.39 Å². The van der Waals surface area contributed by atoms with Gasteiger partial charge in [0.05, 0.1) is 0 Å². The molecular weight excluding hydrogens is 193 g/mol. The van der Waals surface area contributed by atoms with E-state index in [4.69, 9.17) is 0 Å². The van der Waals surface area contributed by atoms with Gasteiger partial charge >= 0.3 is 0 Å². The lowest BCUT2D eigenvalue weighted by Gasteiger charge is -2.58. The van der Waals surface area contributed by atoms with Crippen molar-refractivity contribution in [1.82, 2.24) is 5.32 Å². The van der Waals surface area contributed by atoms with Crippen LogP contribution in [0.2, 0.25) is 0 Å². The van der Waals surface area contributed by atoms with Crippen molar-refractivity contribution >= 4 is 5.91 Å². The summed E-state index contributed by atoms with van der Waals surface area (Å²) in [4.78, 5) is 11.2. The molecule has 15 heavy (non-hydrogen) atoms. The normalized spacial score (nSPS) is 51.9. The van der Waals surface area contributed by atoms with Crippen LogP contribution in [0.15, 0.2) is 0 Å². The van der Waals surface area contributed by atoms with Crippen molar-refractivity contribution in [2.75, 3.05) is 0 Å². The lowest BCUT2D eigenvalue weighted by Crippen LogP contribution is -2.62. The molecule has 4 saturated carbocycles. The van der Waals surface area contributed by atoms with Crippen LogP contribution in [0.3, 0.4) is 0 Å². The molecule has 2 nitrogen and oxygen atoms in total. The van der Waals surface area contributed by atoms with Crippen LogP contribution in [0.5, 0.6) is 0 Å². The Bertz CT molecular complexity index is 288. The summed E-state index contributed by atoms with van der Waals surface area (Å²) in [6.45, 7) is 1.57. The second-order valence-electron chi connectivity index (χ2n) is 5.88. The Morgan fingerprint density at radius 3 is 2.40 bits per heavy atom. The van der Waals surface area contributed by atoms with Gasteiger partial charge < -0.3 is 5.32 Å². The molecule has 0 aliphatic heterocycles. The summed E-state index contributed by atoms with van der Waals surface area (Å²) in [5.74, 6) is 1.17. The Labute approximate surface area is 89.6 Å². The number of carbonyl (C=O) groups excluding carboxylic acids is 1. The van der Waals surface area contributed by atoms with Gasteiger partial charge in [0.2, 0.25) is 5.91 Å². The van der Waals surface area contributed by atoms with Crippen LogP contribution in [-0.4, -0.2) is 17.6 Å². The molecule has 0 aromatic rings. The number of rotatable bonds is 1. The van der Waals surface area contributed by atoms with Crippen molar-refractivity contribution in [3.8, 4) is 0 Å². The third-order valence-corrected chi connectivity index (χ3v) is 4.60. The number of alkyl halides is 1. The summed E-state index contributed by atoms with van der Waals surface area (Å²) in [5, 5.41) is 3.10. The number of halogens is 1. The number of nitrogens with one attached hydrogen (secondary N) is 1.